The van der Waals surface area contributed by atoms with E-state index >= 15 is 0 Å². The first-order valence-corrected chi connectivity index (χ1v) is 6.43. The van der Waals surface area contributed by atoms with Crippen molar-refractivity contribution in [2.75, 3.05) is 20.1 Å². The molecular weight excluding hydrogens is 234 g/mol. The van der Waals surface area contributed by atoms with Gasteiger partial charge in [0.2, 0.25) is 0 Å². The molecular formula is C13H16ClN3. The molecule has 4 heteroatoms. The van der Waals surface area contributed by atoms with Crippen LogP contribution >= 0.6 is 11.6 Å². The average molecular weight is 250 g/mol. The monoisotopic (exact) mass is 249 g/mol. The number of imidazole rings is 1. The molecule has 3 rings (SSSR count). The second-order valence-electron chi connectivity index (χ2n) is 4.85. The van der Waals surface area contributed by atoms with Crippen LogP contribution in [0.5, 0.6) is 0 Å². The summed E-state index contributed by atoms with van der Waals surface area (Å²) in [4.78, 5) is 7.05. The SMILES string of the molecule is CN1CCCC(c2cn3cccc(Cl)c3n2)C1. The van der Waals surface area contributed by atoms with Crippen molar-refractivity contribution in [1.29, 1.82) is 0 Å². The third-order valence-corrected chi connectivity index (χ3v) is 3.79. The molecule has 2 aromatic heterocycles. The Kier molecular flexibility index (Phi) is 2.81. The van der Waals surface area contributed by atoms with Crippen LogP contribution in [0.4, 0.5) is 0 Å². The molecule has 1 atom stereocenters. The molecule has 3 heterocycles. The molecule has 0 aliphatic carbocycles. The van der Waals surface area contributed by atoms with Crippen molar-refractivity contribution in [3.63, 3.8) is 0 Å². The van der Waals surface area contributed by atoms with Crippen LogP contribution in [-0.4, -0.2) is 34.4 Å². The molecule has 90 valence electrons. The molecule has 0 bridgehead atoms. The van der Waals surface area contributed by atoms with E-state index in [1.165, 1.54) is 25.1 Å². The third kappa shape index (κ3) is 2.05. The minimum Gasteiger partial charge on any atom is -0.306 e. The summed E-state index contributed by atoms with van der Waals surface area (Å²) in [6, 6.07) is 3.84. The Morgan fingerprint density at radius 1 is 1.47 bits per heavy atom. The number of hydrogen-bond donors (Lipinski definition) is 0. The number of fused-ring (bicyclic) bond motifs is 1. The quantitative estimate of drug-likeness (QED) is 0.775. The minimum absolute atomic E-state index is 0.546. The zero-order valence-corrected chi connectivity index (χ0v) is 10.7. The number of nitrogens with zero attached hydrogens (tertiary/aromatic N) is 3. The number of aromatic nitrogens is 2. The number of rotatable bonds is 1. The van der Waals surface area contributed by atoms with Gasteiger partial charge in [-0.1, -0.05) is 11.6 Å². The molecule has 1 aliphatic rings. The lowest BCUT2D eigenvalue weighted by Crippen LogP contribution is -2.30. The molecule has 2 aromatic rings. The van der Waals surface area contributed by atoms with Crippen LogP contribution in [0.25, 0.3) is 5.65 Å². The van der Waals surface area contributed by atoms with Crippen LogP contribution in [0.2, 0.25) is 5.02 Å². The Morgan fingerprint density at radius 3 is 3.12 bits per heavy atom. The highest BCUT2D eigenvalue weighted by atomic mass is 35.5. The Balaban J connectivity index is 1.97. The van der Waals surface area contributed by atoms with Gasteiger partial charge in [-0.05, 0) is 38.6 Å². The first-order chi connectivity index (χ1) is 8.24. The van der Waals surface area contributed by atoms with Gasteiger partial charge in [0.05, 0.1) is 10.7 Å². The maximum absolute atomic E-state index is 6.14. The van der Waals surface area contributed by atoms with E-state index in [0.717, 1.165) is 17.2 Å². The highest BCUT2D eigenvalue weighted by Gasteiger charge is 2.21. The number of halogens is 1. The van der Waals surface area contributed by atoms with Crippen molar-refractivity contribution in [3.8, 4) is 0 Å². The Hall–Kier alpha value is -1.06. The predicted octanol–water partition coefficient (Wildman–Crippen LogP) is 2.80. The zero-order chi connectivity index (χ0) is 11.8. The van der Waals surface area contributed by atoms with E-state index < -0.39 is 0 Å². The number of pyridine rings is 1. The van der Waals surface area contributed by atoms with Crippen molar-refractivity contribution in [1.82, 2.24) is 14.3 Å². The van der Waals surface area contributed by atoms with Gasteiger partial charge in [-0.2, -0.15) is 0 Å². The lowest BCUT2D eigenvalue weighted by atomic mass is 9.96. The van der Waals surface area contributed by atoms with E-state index in [1.807, 2.05) is 22.7 Å². The standard InChI is InChI=1S/C13H16ClN3/c1-16-6-2-4-10(8-16)12-9-17-7-3-5-11(14)13(17)15-12/h3,5,7,9-10H,2,4,6,8H2,1H3. The Labute approximate surface area is 106 Å². The predicted molar refractivity (Wildman–Crippen MR) is 69.7 cm³/mol. The topological polar surface area (TPSA) is 20.5 Å². The van der Waals surface area contributed by atoms with Gasteiger partial charge in [0.25, 0.3) is 0 Å². The summed E-state index contributed by atoms with van der Waals surface area (Å²) >= 11 is 6.14. The van der Waals surface area contributed by atoms with Crippen molar-refractivity contribution in [2.45, 2.75) is 18.8 Å². The number of likely N-dealkylation sites (tertiary alicyclic amines) is 1. The molecule has 0 saturated carbocycles. The summed E-state index contributed by atoms with van der Waals surface area (Å²) in [5, 5.41) is 0.725. The smallest absolute Gasteiger partial charge is 0.155 e. The fourth-order valence-corrected chi connectivity index (χ4v) is 2.81. The van der Waals surface area contributed by atoms with Gasteiger partial charge < -0.3 is 9.30 Å². The second kappa shape index (κ2) is 4.31. The summed E-state index contributed by atoms with van der Waals surface area (Å²) < 4.78 is 2.02. The van der Waals surface area contributed by atoms with E-state index in [2.05, 4.69) is 23.1 Å². The van der Waals surface area contributed by atoms with Crippen LogP contribution in [0.15, 0.2) is 24.5 Å². The van der Waals surface area contributed by atoms with Crippen LogP contribution in [0, 0.1) is 0 Å². The van der Waals surface area contributed by atoms with Gasteiger partial charge in [-0.3, -0.25) is 0 Å². The molecule has 0 spiro atoms. The van der Waals surface area contributed by atoms with E-state index in [1.54, 1.807) is 0 Å². The lowest BCUT2D eigenvalue weighted by Gasteiger charge is -2.28. The van der Waals surface area contributed by atoms with Crippen LogP contribution < -0.4 is 0 Å². The molecule has 0 amide bonds. The van der Waals surface area contributed by atoms with Gasteiger partial charge >= 0.3 is 0 Å². The van der Waals surface area contributed by atoms with E-state index in [4.69, 9.17) is 11.6 Å². The lowest BCUT2D eigenvalue weighted by molar-refractivity contribution is 0.249. The van der Waals surface area contributed by atoms with Gasteiger partial charge in [-0.15, -0.1) is 0 Å². The average Bonchev–Trinajstić information content (AvgIpc) is 2.74. The van der Waals surface area contributed by atoms with Crippen LogP contribution in [-0.2, 0) is 0 Å². The number of piperidine rings is 1. The molecule has 1 unspecified atom stereocenters. The highest BCUT2D eigenvalue weighted by Crippen LogP contribution is 2.27. The van der Waals surface area contributed by atoms with E-state index in [0.29, 0.717) is 5.92 Å². The maximum Gasteiger partial charge on any atom is 0.155 e. The molecule has 1 aliphatic heterocycles. The second-order valence-corrected chi connectivity index (χ2v) is 5.26. The van der Waals surface area contributed by atoms with E-state index in [9.17, 15) is 0 Å². The van der Waals surface area contributed by atoms with Gasteiger partial charge in [0, 0.05) is 24.9 Å². The first-order valence-electron chi connectivity index (χ1n) is 6.06. The number of hydrogen-bond acceptors (Lipinski definition) is 2. The van der Waals surface area contributed by atoms with Crippen LogP contribution in [0.3, 0.4) is 0 Å². The maximum atomic E-state index is 6.14. The number of likely N-dealkylation sites (N-methyl/N-ethyl adjacent to an activating group) is 1. The molecule has 1 fully saturated rings. The largest absolute Gasteiger partial charge is 0.306 e. The first kappa shape index (κ1) is 11.1. The van der Waals surface area contributed by atoms with Crippen molar-refractivity contribution in [2.24, 2.45) is 0 Å². The van der Waals surface area contributed by atoms with Crippen molar-refractivity contribution >= 4 is 17.2 Å². The van der Waals surface area contributed by atoms with Crippen molar-refractivity contribution < 1.29 is 0 Å². The molecule has 1 saturated heterocycles. The summed E-state index contributed by atoms with van der Waals surface area (Å²) in [6.45, 7) is 2.30. The summed E-state index contributed by atoms with van der Waals surface area (Å²) in [6.07, 6.45) is 6.60. The minimum atomic E-state index is 0.546. The Bertz CT molecular complexity index is 534. The zero-order valence-electron chi connectivity index (χ0n) is 9.93. The molecule has 3 nitrogen and oxygen atoms in total. The molecule has 0 N–H and O–H groups in total. The fourth-order valence-electron chi connectivity index (χ4n) is 2.60. The fraction of sp³-hybridized carbons (Fsp3) is 0.462. The highest BCUT2D eigenvalue weighted by molar-refractivity contribution is 6.33. The molecule has 17 heavy (non-hydrogen) atoms. The summed E-state index contributed by atoms with van der Waals surface area (Å²) in [5.74, 6) is 0.546. The third-order valence-electron chi connectivity index (χ3n) is 3.50. The molecule has 0 aromatic carbocycles. The Morgan fingerprint density at radius 2 is 2.35 bits per heavy atom. The normalized spacial score (nSPS) is 22.1. The van der Waals surface area contributed by atoms with E-state index in [-0.39, 0.29) is 0 Å². The summed E-state index contributed by atoms with van der Waals surface area (Å²) in [5.41, 5.74) is 2.04. The molecule has 0 radical (unpaired) electrons. The van der Waals surface area contributed by atoms with Gasteiger partial charge in [0.1, 0.15) is 0 Å². The summed E-state index contributed by atoms with van der Waals surface area (Å²) in [7, 11) is 2.18. The van der Waals surface area contributed by atoms with Gasteiger partial charge in [0.15, 0.2) is 5.65 Å². The van der Waals surface area contributed by atoms with Gasteiger partial charge in [-0.25, -0.2) is 4.98 Å². The van der Waals surface area contributed by atoms with Crippen LogP contribution in [0.1, 0.15) is 24.5 Å². The van der Waals surface area contributed by atoms with Crippen molar-refractivity contribution in [3.05, 3.63) is 35.2 Å².